The second-order valence-corrected chi connectivity index (χ2v) is 26.4. The van der Waals surface area contributed by atoms with E-state index < -0.39 is 40.1 Å². The molecule has 0 bridgehead atoms. The molecule has 2 atom stereocenters. The predicted octanol–water partition coefficient (Wildman–Crippen LogP) is 18.3. The summed E-state index contributed by atoms with van der Waals surface area (Å²) >= 11 is 0. The van der Waals surface area contributed by atoms with Crippen molar-refractivity contribution in [1.29, 1.82) is 0 Å². The molecular formula is C75H80F6N2O8. The zero-order valence-electron chi connectivity index (χ0n) is 52.9. The van der Waals surface area contributed by atoms with Crippen LogP contribution in [0, 0.1) is 17.8 Å². The van der Waals surface area contributed by atoms with Gasteiger partial charge in [-0.05, 0) is 194 Å². The van der Waals surface area contributed by atoms with Gasteiger partial charge in [-0.1, -0.05) is 95.0 Å². The Morgan fingerprint density at radius 2 is 1.25 bits per heavy atom. The van der Waals surface area contributed by atoms with Crippen LogP contribution in [-0.4, -0.2) is 65.0 Å². The highest BCUT2D eigenvalue weighted by atomic mass is 19.4. The van der Waals surface area contributed by atoms with Crippen molar-refractivity contribution in [2.75, 3.05) is 57.3 Å². The van der Waals surface area contributed by atoms with Crippen LogP contribution in [0.3, 0.4) is 0 Å². The fourth-order valence-corrected chi connectivity index (χ4v) is 15.1. The molecule has 91 heavy (non-hydrogen) atoms. The minimum Gasteiger partial charge on any atom is -0.497 e. The van der Waals surface area contributed by atoms with E-state index in [1.165, 1.54) is 64.0 Å². The van der Waals surface area contributed by atoms with Crippen molar-refractivity contribution in [3.8, 4) is 39.9 Å². The Bertz CT molecular complexity index is 3790. The van der Waals surface area contributed by atoms with E-state index in [0.717, 1.165) is 28.8 Å². The number of hydrogen-bond acceptors (Lipinski definition) is 10. The number of carbonyl (C=O) groups excluding carboxylic acids is 2. The number of esters is 2. The monoisotopic (exact) mass is 1250 g/mol. The highest BCUT2D eigenvalue weighted by Crippen LogP contribution is 2.62. The number of methoxy groups -OCH3 is 3. The smallest absolute Gasteiger partial charge is 0.416 e. The Kier molecular flexibility index (Phi) is 17.5. The van der Waals surface area contributed by atoms with Crippen LogP contribution in [0.5, 0.6) is 28.7 Å². The number of alkyl halides is 6. The van der Waals surface area contributed by atoms with Crippen LogP contribution < -0.4 is 33.5 Å². The molecule has 0 spiro atoms. The largest absolute Gasteiger partial charge is 0.497 e. The van der Waals surface area contributed by atoms with Crippen molar-refractivity contribution in [2.24, 2.45) is 17.8 Å². The Hall–Kier alpha value is -7.72. The molecule has 0 amide bonds. The van der Waals surface area contributed by atoms with E-state index in [4.69, 9.17) is 28.4 Å². The number of carbonyl (C=O) groups is 2. The quantitative estimate of drug-likeness (QED) is 0.0403. The van der Waals surface area contributed by atoms with Gasteiger partial charge in [-0.3, -0.25) is 9.59 Å². The minimum atomic E-state index is -5.13. The molecule has 0 N–H and O–H groups in total. The van der Waals surface area contributed by atoms with Gasteiger partial charge in [-0.25, -0.2) is 0 Å². The van der Waals surface area contributed by atoms with Gasteiger partial charge in [0.1, 0.15) is 28.7 Å². The third-order valence-electron chi connectivity index (χ3n) is 20.5. The second-order valence-electron chi connectivity index (χ2n) is 26.4. The molecule has 480 valence electrons. The maximum absolute atomic E-state index is 15.4. The highest BCUT2D eigenvalue weighted by molar-refractivity contribution is 6.11. The molecule has 4 aliphatic carbocycles. The first-order valence-electron chi connectivity index (χ1n) is 32.2. The van der Waals surface area contributed by atoms with E-state index >= 15 is 13.2 Å². The van der Waals surface area contributed by atoms with Crippen LogP contribution in [0.15, 0.2) is 127 Å². The van der Waals surface area contributed by atoms with E-state index in [-0.39, 0.29) is 46.5 Å². The molecule has 3 fully saturated rings. The van der Waals surface area contributed by atoms with Crippen LogP contribution in [0.25, 0.3) is 28.0 Å². The number of ether oxygens (including phenoxy) is 6. The standard InChI is InChI=1S/C75H80F6N2O8/c1-8-9-10-11-46-12-14-47(15-13-46)48-20-26-56(27-21-48)89-69(84)49-16-18-50(19-17-49)70(85)90-57-30-24-54(25-31-57)82-38-40-83(41-39-82)63-44-59-60(45-64(63)87-6)68-58(67-65(59)61-42-53(74(76,77)78)43-62(75(79,80)81)66(61)71(67,2)3)34-37-73(91-68,51-22-28-55(86-5)29-23-51)52-32-35-72(4,88-7)36-33-52/h20-35,37,42-47,49-50H,8-19,36,38-41H2,1-7H3. The topological polar surface area (TPSA) is 96.0 Å². The SMILES string of the molecule is CCCCCC1CCC(c2ccc(OC(=O)C3CCC(C(=O)Oc4ccc(N5CCN(c6cc7c8c(c9c(c7cc6OC)OC(C6=CCC(C)(OC)C=C6)(c6ccc(OC)cc6)C=C9)C(C)(C)c6c-8cc(C(F)(F)F)cc6C(F)(F)F)CC5)cc4)CC3)cc2)CC1. The summed E-state index contributed by atoms with van der Waals surface area (Å²) in [6, 6.07) is 27.6. The van der Waals surface area contributed by atoms with E-state index in [9.17, 15) is 22.8 Å². The lowest BCUT2D eigenvalue weighted by Gasteiger charge is -2.41. The van der Waals surface area contributed by atoms with Gasteiger partial charge in [0.25, 0.3) is 0 Å². The second kappa shape index (κ2) is 25.1. The number of piperazine rings is 1. The summed E-state index contributed by atoms with van der Waals surface area (Å²) in [6.07, 6.45) is 12.2. The third kappa shape index (κ3) is 12.3. The summed E-state index contributed by atoms with van der Waals surface area (Å²) < 4.78 is 128. The minimum absolute atomic E-state index is 0.149. The number of unbranched alkanes of at least 4 members (excludes halogenated alkanes) is 2. The lowest BCUT2D eigenvalue weighted by Crippen LogP contribution is -2.46. The average Bonchev–Trinajstić information content (AvgIpc) is 1.56. The number of benzene rings is 6. The van der Waals surface area contributed by atoms with Crippen molar-refractivity contribution < 1.29 is 64.4 Å². The summed E-state index contributed by atoms with van der Waals surface area (Å²) in [4.78, 5) is 31.1. The lowest BCUT2D eigenvalue weighted by molar-refractivity contribution is -0.145. The van der Waals surface area contributed by atoms with E-state index in [1.807, 2.05) is 91.9 Å². The molecule has 6 aromatic rings. The molecule has 12 rings (SSSR count). The highest BCUT2D eigenvalue weighted by Gasteiger charge is 2.51. The molecule has 10 nitrogen and oxygen atoms in total. The fraction of sp³-hybridized carbons (Fsp3) is 0.440. The molecule has 6 aliphatic rings. The van der Waals surface area contributed by atoms with Gasteiger partial charge < -0.3 is 38.2 Å². The Morgan fingerprint density at radius 3 is 1.81 bits per heavy atom. The first kappa shape index (κ1) is 63.4. The van der Waals surface area contributed by atoms with Crippen molar-refractivity contribution >= 4 is 40.2 Å². The van der Waals surface area contributed by atoms with Crippen LogP contribution in [0.1, 0.15) is 156 Å². The number of anilines is 2. The molecule has 2 unspecified atom stereocenters. The van der Waals surface area contributed by atoms with Gasteiger partial charge in [0, 0.05) is 60.9 Å². The first-order chi connectivity index (χ1) is 43.5. The predicted molar refractivity (Wildman–Crippen MR) is 343 cm³/mol. The normalized spacial score (nSPS) is 23.6. The van der Waals surface area contributed by atoms with Crippen LogP contribution in [-0.2, 0) is 37.7 Å². The number of rotatable bonds is 16. The maximum atomic E-state index is 15.4. The molecule has 0 radical (unpaired) electrons. The van der Waals surface area contributed by atoms with Crippen molar-refractivity contribution in [1.82, 2.24) is 0 Å². The molecule has 2 saturated carbocycles. The zero-order valence-corrected chi connectivity index (χ0v) is 52.9. The van der Waals surface area contributed by atoms with Crippen LogP contribution in [0.4, 0.5) is 37.7 Å². The van der Waals surface area contributed by atoms with E-state index in [1.54, 1.807) is 46.3 Å². The van der Waals surface area contributed by atoms with Crippen LogP contribution >= 0.6 is 0 Å². The number of hydrogen-bond donors (Lipinski definition) is 0. The molecule has 6 aromatic carbocycles. The van der Waals surface area contributed by atoms with Crippen molar-refractivity contribution in [2.45, 2.75) is 146 Å². The molecular weight excluding hydrogens is 1170 g/mol. The summed E-state index contributed by atoms with van der Waals surface area (Å²) in [6.45, 7) is 9.48. The van der Waals surface area contributed by atoms with Gasteiger partial charge in [0.2, 0.25) is 0 Å². The maximum Gasteiger partial charge on any atom is 0.416 e. The molecule has 16 heteroatoms. The zero-order chi connectivity index (χ0) is 64.2. The number of nitrogens with zero attached hydrogens (tertiary/aromatic N) is 2. The molecule has 1 saturated heterocycles. The first-order valence-corrected chi connectivity index (χ1v) is 32.2. The van der Waals surface area contributed by atoms with Gasteiger partial charge in [-0.15, -0.1) is 0 Å². The summed E-state index contributed by atoms with van der Waals surface area (Å²) in [7, 11) is 4.75. The number of halogens is 6. The van der Waals surface area contributed by atoms with Gasteiger partial charge in [0.15, 0.2) is 5.60 Å². The third-order valence-corrected chi connectivity index (χ3v) is 20.5. The van der Waals surface area contributed by atoms with Gasteiger partial charge in [-0.2, -0.15) is 26.3 Å². The summed E-state index contributed by atoms with van der Waals surface area (Å²) in [5.41, 5.74) is -1.12. The Balaban J connectivity index is 0.768. The fourth-order valence-electron chi connectivity index (χ4n) is 15.1. The average molecular weight is 1250 g/mol. The van der Waals surface area contributed by atoms with Crippen molar-refractivity contribution in [3.63, 3.8) is 0 Å². The number of fused-ring (bicyclic) bond motifs is 8. The summed E-state index contributed by atoms with van der Waals surface area (Å²) in [5.74, 6) is 2.47. The van der Waals surface area contributed by atoms with Gasteiger partial charge >= 0.3 is 24.3 Å². The molecule has 0 aromatic heterocycles. The van der Waals surface area contributed by atoms with Crippen LogP contribution in [0.2, 0.25) is 0 Å². The Morgan fingerprint density at radius 1 is 0.637 bits per heavy atom. The van der Waals surface area contributed by atoms with E-state index in [2.05, 4.69) is 28.9 Å². The van der Waals surface area contributed by atoms with E-state index in [0.29, 0.717) is 121 Å². The van der Waals surface area contributed by atoms with Gasteiger partial charge in [0.05, 0.1) is 48.5 Å². The lowest BCUT2D eigenvalue weighted by atomic mass is 9.75. The van der Waals surface area contributed by atoms with Crippen molar-refractivity contribution in [3.05, 3.63) is 166 Å². The molecule has 2 heterocycles. The summed E-state index contributed by atoms with van der Waals surface area (Å²) in [5, 5.41) is 0.847. The molecule has 2 aliphatic heterocycles. The Labute approximate surface area is 529 Å².